The van der Waals surface area contributed by atoms with Crippen molar-refractivity contribution in [3.63, 3.8) is 0 Å². The molecule has 150 valence electrons. The van der Waals surface area contributed by atoms with Gasteiger partial charge < -0.3 is 25.4 Å². The zero-order valence-electron chi connectivity index (χ0n) is 16.2. The smallest absolute Gasteiger partial charge is 0.338 e. The highest BCUT2D eigenvalue weighted by molar-refractivity contribution is 5.89. The Bertz CT molecular complexity index is 1190. The van der Waals surface area contributed by atoms with Crippen LogP contribution in [-0.2, 0) is 4.74 Å². The van der Waals surface area contributed by atoms with E-state index in [9.17, 15) is 10.1 Å². The molecule has 3 aromatic rings. The maximum atomic E-state index is 11.8. The maximum Gasteiger partial charge on any atom is 0.338 e. The number of fused-ring (bicyclic) bond motifs is 1. The van der Waals surface area contributed by atoms with Crippen LogP contribution in [0, 0.1) is 11.3 Å². The topological polar surface area (TPSA) is 124 Å². The van der Waals surface area contributed by atoms with Gasteiger partial charge in [-0.05, 0) is 37.3 Å². The molecule has 7 heteroatoms. The van der Waals surface area contributed by atoms with Gasteiger partial charge in [-0.25, -0.2) is 4.79 Å². The molecule has 4 rings (SSSR count). The zero-order valence-corrected chi connectivity index (χ0v) is 16.2. The van der Waals surface area contributed by atoms with Crippen LogP contribution in [0.4, 0.5) is 5.69 Å². The molecule has 0 unspecified atom stereocenters. The number of benzene rings is 2. The van der Waals surface area contributed by atoms with Crippen LogP contribution in [0.2, 0.25) is 0 Å². The van der Waals surface area contributed by atoms with Gasteiger partial charge in [0.15, 0.2) is 0 Å². The van der Waals surface area contributed by atoms with Crippen molar-refractivity contribution in [2.24, 2.45) is 5.73 Å². The van der Waals surface area contributed by atoms with Crippen LogP contribution < -0.4 is 16.2 Å². The normalized spacial score (nSPS) is 15.1. The first-order valence-electron chi connectivity index (χ1n) is 9.36. The van der Waals surface area contributed by atoms with Gasteiger partial charge in [0.05, 0.1) is 18.1 Å². The summed E-state index contributed by atoms with van der Waals surface area (Å²) in [4.78, 5) is 11.8. The van der Waals surface area contributed by atoms with E-state index in [1.807, 2.05) is 6.07 Å². The number of nitrogens with two attached hydrogens (primary N) is 2. The Morgan fingerprint density at radius 1 is 1.13 bits per heavy atom. The Kier molecular flexibility index (Phi) is 4.90. The first-order chi connectivity index (χ1) is 14.5. The van der Waals surface area contributed by atoms with Crippen molar-refractivity contribution in [3.8, 4) is 23.1 Å². The molecule has 1 atom stereocenters. The van der Waals surface area contributed by atoms with Gasteiger partial charge in [0.1, 0.15) is 28.9 Å². The van der Waals surface area contributed by atoms with E-state index in [-0.39, 0.29) is 17.4 Å². The highest BCUT2D eigenvalue weighted by Gasteiger charge is 2.33. The largest absolute Gasteiger partial charge is 0.462 e. The number of nitrogens with zero attached hydrogens (tertiary/aromatic N) is 1. The fraction of sp³-hybridized carbons (Fsp3) is 0.130. The van der Waals surface area contributed by atoms with E-state index in [2.05, 4.69) is 6.07 Å². The van der Waals surface area contributed by atoms with E-state index >= 15 is 0 Å². The molecule has 1 aliphatic rings. The third-order valence-corrected chi connectivity index (χ3v) is 4.83. The SMILES string of the molecule is CCOC(=O)c1ccc(-c2ccc([C@H]3C(C#N)=C(N)Oc4cc(N)ccc43)o2)cc1. The van der Waals surface area contributed by atoms with Gasteiger partial charge in [0.2, 0.25) is 5.88 Å². The predicted octanol–water partition coefficient (Wildman–Crippen LogP) is 3.92. The Labute approximate surface area is 173 Å². The molecular formula is C23H19N3O4. The van der Waals surface area contributed by atoms with Crippen LogP contribution in [0.5, 0.6) is 5.75 Å². The summed E-state index contributed by atoms with van der Waals surface area (Å²) >= 11 is 0. The van der Waals surface area contributed by atoms with Crippen molar-refractivity contribution >= 4 is 11.7 Å². The molecule has 2 heterocycles. The van der Waals surface area contributed by atoms with E-state index < -0.39 is 5.92 Å². The second kappa shape index (κ2) is 7.68. The number of nitriles is 1. The van der Waals surface area contributed by atoms with Gasteiger partial charge in [-0.3, -0.25) is 0 Å². The number of nitrogen functional groups attached to an aromatic ring is 1. The van der Waals surface area contributed by atoms with E-state index in [4.69, 9.17) is 25.4 Å². The highest BCUT2D eigenvalue weighted by atomic mass is 16.5. The van der Waals surface area contributed by atoms with Crippen LogP contribution in [0.1, 0.15) is 34.5 Å². The third-order valence-electron chi connectivity index (χ3n) is 4.83. The van der Waals surface area contributed by atoms with Crippen molar-refractivity contribution < 1.29 is 18.7 Å². The second-order valence-corrected chi connectivity index (χ2v) is 6.72. The lowest BCUT2D eigenvalue weighted by molar-refractivity contribution is 0.0526. The molecule has 0 bridgehead atoms. The molecule has 0 saturated heterocycles. The lowest BCUT2D eigenvalue weighted by atomic mass is 9.87. The first kappa shape index (κ1) is 19.2. The summed E-state index contributed by atoms with van der Waals surface area (Å²) in [6.07, 6.45) is 0. The Hall–Kier alpha value is -4.18. The van der Waals surface area contributed by atoms with Gasteiger partial charge in [0, 0.05) is 22.9 Å². The Morgan fingerprint density at radius 2 is 1.90 bits per heavy atom. The Morgan fingerprint density at radius 3 is 2.60 bits per heavy atom. The quantitative estimate of drug-likeness (QED) is 0.501. The van der Waals surface area contributed by atoms with Crippen LogP contribution in [0.3, 0.4) is 0 Å². The van der Waals surface area contributed by atoms with Crippen molar-refractivity contribution in [3.05, 3.63) is 82.9 Å². The molecule has 1 aromatic heterocycles. The fourth-order valence-electron chi connectivity index (χ4n) is 3.41. The van der Waals surface area contributed by atoms with Crippen molar-refractivity contribution in [1.82, 2.24) is 0 Å². The molecule has 0 fully saturated rings. The maximum absolute atomic E-state index is 11.8. The van der Waals surface area contributed by atoms with Gasteiger partial charge in [-0.1, -0.05) is 18.2 Å². The van der Waals surface area contributed by atoms with E-state index in [0.717, 1.165) is 11.1 Å². The summed E-state index contributed by atoms with van der Waals surface area (Å²) in [5.41, 5.74) is 14.6. The van der Waals surface area contributed by atoms with Crippen LogP contribution in [0.15, 0.2) is 70.5 Å². The van der Waals surface area contributed by atoms with Gasteiger partial charge >= 0.3 is 5.97 Å². The molecular weight excluding hydrogens is 382 g/mol. The summed E-state index contributed by atoms with van der Waals surface area (Å²) in [6, 6.07) is 17.9. The van der Waals surface area contributed by atoms with E-state index in [1.165, 1.54) is 0 Å². The number of anilines is 1. The van der Waals surface area contributed by atoms with Gasteiger partial charge in [-0.15, -0.1) is 0 Å². The Balaban J connectivity index is 1.70. The van der Waals surface area contributed by atoms with Crippen molar-refractivity contribution in [1.29, 1.82) is 5.26 Å². The molecule has 4 N–H and O–H groups in total. The number of carbonyl (C=O) groups is 1. The number of rotatable bonds is 4. The predicted molar refractivity (Wildman–Crippen MR) is 110 cm³/mol. The number of hydrogen-bond donors (Lipinski definition) is 2. The minimum Gasteiger partial charge on any atom is -0.462 e. The van der Waals surface area contributed by atoms with Crippen LogP contribution in [0.25, 0.3) is 11.3 Å². The summed E-state index contributed by atoms with van der Waals surface area (Å²) in [6.45, 7) is 2.08. The van der Waals surface area contributed by atoms with E-state index in [1.54, 1.807) is 55.5 Å². The number of hydrogen-bond acceptors (Lipinski definition) is 7. The molecule has 7 nitrogen and oxygen atoms in total. The second-order valence-electron chi connectivity index (χ2n) is 6.72. The number of esters is 1. The van der Waals surface area contributed by atoms with Crippen LogP contribution in [-0.4, -0.2) is 12.6 Å². The molecule has 0 spiro atoms. The minimum absolute atomic E-state index is 0.0253. The molecule has 30 heavy (non-hydrogen) atoms. The lowest BCUT2D eigenvalue weighted by Crippen LogP contribution is -2.20. The van der Waals surface area contributed by atoms with Crippen molar-refractivity contribution in [2.75, 3.05) is 12.3 Å². The van der Waals surface area contributed by atoms with Gasteiger partial charge in [-0.2, -0.15) is 5.26 Å². The summed E-state index contributed by atoms with van der Waals surface area (Å²) in [5, 5.41) is 9.65. The van der Waals surface area contributed by atoms with E-state index in [0.29, 0.717) is 35.1 Å². The summed E-state index contributed by atoms with van der Waals surface area (Å²) in [7, 11) is 0. The first-order valence-corrected chi connectivity index (χ1v) is 9.36. The molecule has 0 radical (unpaired) electrons. The molecule has 0 saturated carbocycles. The number of carbonyl (C=O) groups excluding carboxylic acids is 1. The minimum atomic E-state index is -0.507. The standard InChI is InChI=1S/C23H19N3O4/c1-2-28-23(27)14-5-3-13(4-6-14)18-9-10-19(29-18)21-16-8-7-15(25)11-20(16)30-22(26)17(21)12-24/h3-11,21H,2,25-26H2,1H3/t21-/m1/s1. The monoisotopic (exact) mass is 401 g/mol. The number of furan rings is 1. The number of allylic oxidation sites excluding steroid dienone is 1. The number of ether oxygens (including phenoxy) is 2. The fourth-order valence-corrected chi connectivity index (χ4v) is 3.41. The van der Waals surface area contributed by atoms with Crippen LogP contribution >= 0.6 is 0 Å². The van der Waals surface area contributed by atoms with Crippen molar-refractivity contribution in [2.45, 2.75) is 12.8 Å². The summed E-state index contributed by atoms with van der Waals surface area (Å²) in [5.74, 6) is 0.784. The molecule has 2 aromatic carbocycles. The molecule has 0 amide bonds. The molecule has 0 aliphatic carbocycles. The van der Waals surface area contributed by atoms with Gasteiger partial charge in [0.25, 0.3) is 0 Å². The highest BCUT2D eigenvalue weighted by Crippen LogP contribution is 2.43. The summed E-state index contributed by atoms with van der Waals surface area (Å²) < 4.78 is 16.7. The lowest BCUT2D eigenvalue weighted by Gasteiger charge is -2.24. The average Bonchev–Trinajstić information content (AvgIpc) is 3.22. The molecule has 1 aliphatic heterocycles. The third kappa shape index (κ3) is 3.35. The average molecular weight is 401 g/mol. The zero-order chi connectivity index (χ0) is 21.3.